The number of aromatic nitrogens is 1. The lowest BCUT2D eigenvalue weighted by Gasteiger charge is -2.14. The number of hydrogen-bond acceptors (Lipinski definition) is 6. The van der Waals surface area contributed by atoms with Gasteiger partial charge in [-0.25, -0.2) is 8.42 Å². The number of aryl methyl sites for hydroxylation is 1. The fourth-order valence-electron chi connectivity index (χ4n) is 3.11. The molecule has 1 aromatic heterocycles. The van der Waals surface area contributed by atoms with Crippen molar-refractivity contribution in [3.63, 3.8) is 0 Å². The van der Waals surface area contributed by atoms with Crippen molar-refractivity contribution in [3.05, 3.63) is 75.4 Å². The molecule has 3 rings (SSSR count). The van der Waals surface area contributed by atoms with E-state index in [9.17, 15) is 18.0 Å². The fraction of sp³-hybridized carbons (Fsp3) is 0.158. The molecule has 0 unspecified atom stereocenters. The van der Waals surface area contributed by atoms with Crippen LogP contribution in [0, 0.1) is 6.92 Å². The summed E-state index contributed by atoms with van der Waals surface area (Å²) in [4.78, 5) is 34.5. The molecule has 0 bridgehead atoms. The molecule has 1 aromatic rings. The summed E-state index contributed by atoms with van der Waals surface area (Å²) in [5.74, 6) is -1.16. The van der Waals surface area contributed by atoms with Crippen LogP contribution in [0.3, 0.4) is 0 Å². The van der Waals surface area contributed by atoms with Crippen LogP contribution in [0.25, 0.3) is 0 Å². The van der Waals surface area contributed by atoms with Crippen molar-refractivity contribution in [2.24, 2.45) is 4.99 Å². The molecule has 8 heteroatoms. The maximum absolute atomic E-state index is 12.9. The summed E-state index contributed by atoms with van der Waals surface area (Å²) in [7, 11) is -2.28. The van der Waals surface area contributed by atoms with Gasteiger partial charge in [0.05, 0.1) is 27.5 Å². The average molecular weight is 383 g/mol. The molecule has 0 spiro atoms. The van der Waals surface area contributed by atoms with E-state index in [4.69, 9.17) is 0 Å². The molecule has 7 nitrogen and oxygen atoms in total. The zero-order chi connectivity index (χ0) is 19.9. The Morgan fingerprint density at radius 3 is 2.48 bits per heavy atom. The molecule has 0 atom stereocenters. The van der Waals surface area contributed by atoms with Crippen molar-refractivity contribution in [1.82, 2.24) is 9.88 Å². The van der Waals surface area contributed by atoms with E-state index in [0.29, 0.717) is 16.8 Å². The standard InChI is InChI=1S/C19H17N3O4S/c1-5-12-7-13(27(25,26)16(12)6-2)10-22-18(23)15-9-21-11(3)14(8-20-4)17(15)19(22)24/h5-9H,1-2,10H2,3-4H3. The number of pyridine rings is 1. The van der Waals surface area contributed by atoms with E-state index in [1.165, 1.54) is 30.6 Å². The molecule has 2 amide bonds. The predicted molar refractivity (Wildman–Crippen MR) is 102 cm³/mol. The van der Waals surface area contributed by atoms with Gasteiger partial charge in [0.15, 0.2) is 0 Å². The quantitative estimate of drug-likeness (QED) is 0.572. The van der Waals surface area contributed by atoms with Gasteiger partial charge in [0.25, 0.3) is 11.8 Å². The van der Waals surface area contributed by atoms with E-state index in [0.717, 1.165) is 4.90 Å². The maximum atomic E-state index is 12.9. The van der Waals surface area contributed by atoms with Crippen LogP contribution in [-0.4, -0.2) is 49.9 Å². The van der Waals surface area contributed by atoms with Gasteiger partial charge in [-0.2, -0.15) is 0 Å². The predicted octanol–water partition coefficient (Wildman–Crippen LogP) is 1.97. The van der Waals surface area contributed by atoms with Crippen LogP contribution >= 0.6 is 0 Å². The number of sulfone groups is 1. The number of allylic oxidation sites excluding steroid dienone is 4. The molecule has 2 aliphatic rings. The van der Waals surface area contributed by atoms with Gasteiger partial charge < -0.3 is 0 Å². The van der Waals surface area contributed by atoms with Crippen molar-refractivity contribution >= 4 is 27.9 Å². The maximum Gasteiger partial charge on any atom is 0.263 e. The summed E-state index contributed by atoms with van der Waals surface area (Å²) in [5, 5.41) is 0. The zero-order valence-corrected chi connectivity index (χ0v) is 15.7. The molecule has 0 radical (unpaired) electrons. The minimum absolute atomic E-state index is 0.0143. The number of imide groups is 1. The van der Waals surface area contributed by atoms with Crippen molar-refractivity contribution in [2.45, 2.75) is 6.92 Å². The molecule has 138 valence electrons. The number of nitrogens with zero attached hydrogens (tertiary/aromatic N) is 3. The molecule has 0 aromatic carbocycles. The van der Waals surface area contributed by atoms with Crippen molar-refractivity contribution in [3.8, 4) is 0 Å². The van der Waals surface area contributed by atoms with E-state index in [-0.39, 0.29) is 27.5 Å². The van der Waals surface area contributed by atoms with Crippen LogP contribution in [0.1, 0.15) is 32.0 Å². The van der Waals surface area contributed by atoms with Gasteiger partial charge in [-0.05, 0) is 24.6 Å². The number of carbonyl (C=O) groups is 2. The number of aliphatic imine (C=N–C) groups is 1. The minimum atomic E-state index is -3.83. The van der Waals surface area contributed by atoms with E-state index < -0.39 is 21.7 Å². The first-order chi connectivity index (χ1) is 12.8. The van der Waals surface area contributed by atoms with Gasteiger partial charge in [-0.1, -0.05) is 19.2 Å². The zero-order valence-electron chi connectivity index (χ0n) is 14.9. The summed E-state index contributed by atoms with van der Waals surface area (Å²) in [6, 6.07) is 0. The highest BCUT2D eigenvalue weighted by atomic mass is 32.2. The lowest BCUT2D eigenvalue weighted by molar-refractivity contribution is 0.0670. The van der Waals surface area contributed by atoms with Gasteiger partial charge in [-0.3, -0.25) is 24.5 Å². The van der Waals surface area contributed by atoms with Crippen molar-refractivity contribution in [2.75, 3.05) is 13.6 Å². The van der Waals surface area contributed by atoms with Crippen LogP contribution in [0.5, 0.6) is 0 Å². The lowest BCUT2D eigenvalue weighted by Crippen LogP contribution is -2.33. The third-order valence-electron chi connectivity index (χ3n) is 4.46. The number of carbonyl (C=O) groups excluding carboxylic acids is 2. The van der Waals surface area contributed by atoms with E-state index in [1.807, 2.05) is 0 Å². The van der Waals surface area contributed by atoms with E-state index in [2.05, 4.69) is 23.1 Å². The Labute approximate surface area is 157 Å². The third kappa shape index (κ3) is 2.69. The lowest BCUT2D eigenvalue weighted by atomic mass is 10.0. The topological polar surface area (TPSA) is 96.8 Å². The average Bonchev–Trinajstić information content (AvgIpc) is 3.02. The second-order valence-corrected chi connectivity index (χ2v) is 7.94. The molecule has 0 aliphatic carbocycles. The van der Waals surface area contributed by atoms with Gasteiger partial charge in [0.1, 0.15) is 0 Å². The second kappa shape index (κ2) is 6.55. The first-order valence-corrected chi connectivity index (χ1v) is 9.49. The van der Waals surface area contributed by atoms with Crippen molar-refractivity contribution < 1.29 is 18.0 Å². The van der Waals surface area contributed by atoms with E-state index >= 15 is 0 Å². The van der Waals surface area contributed by atoms with Gasteiger partial charge in [-0.15, -0.1) is 0 Å². The third-order valence-corrected chi connectivity index (χ3v) is 6.38. The largest absolute Gasteiger partial charge is 0.296 e. The fourth-order valence-corrected chi connectivity index (χ4v) is 4.64. The van der Waals surface area contributed by atoms with E-state index in [1.54, 1.807) is 14.0 Å². The summed E-state index contributed by atoms with van der Waals surface area (Å²) >= 11 is 0. The first kappa shape index (κ1) is 18.7. The number of hydrogen-bond donors (Lipinski definition) is 0. The van der Waals surface area contributed by atoms with Crippen LogP contribution in [0.2, 0.25) is 0 Å². The Morgan fingerprint density at radius 1 is 1.22 bits per heavy atom. The molecule has 27 heavy (non-hydrogen) atoms. The summed E-state index contributed by atoms with van der Waals surface area (Å²) in [6.45, 7) is 8.45. The molecular formula is C19H17N3O4S. The smallest absolute Gasteiger partial charge is 0.263 e. The van der Waals surface area contributed by atoms with Crippen LogP contribution in [-0.2, 0) is 9.84 Å². The highest BCUT2D eigenvalue weighted by Gasteiger charge is 2.41. The van der Waals surface area contributed by atoms with Gasteiger partial charge in [0, 0.05) is 30.7 Å². The molecular weight excluding hydrogens is 366 g/mol. The highest BCUT2D eigenvalue weighted by molar-refractivity contribution is 7.99. The Kier molecular flexibility index (Phi) is 4.52. The Balaban J connectivity index is 2.03. The Bertz CT molecular complexity index is 1110. The number of amides is 2. The normalized spacial score (nSPS) is 18.3. The first-order valence-electron chi connectivity index (χ1n) is 8.00. The molecule has 0 saturated heterocycles. The van der Waals surface area contributed by atoms with Crippen LogP contribution < -0.4 is 0 Å². The molecule has 0 N–H and O–H groups in total. The van der Waals surface area contributed by atoms with Crippen LogP contribution in [0.15, 0.2) is 58.0 Å². The monoisotopic (exact) mass is 383 g/mol. The van der Waals surface area contributed by atoms with Crippen LogP contribution in [0.4, 0.5) is 0 Å². The highest BCUT2D eigenvalue weighted by Crippen LogP contribution is 2.34. The van der Waals surface area contributed by atoms with Gasteiger partial charge in [0.2, 0.25) is 9.84 Å². The minimum Gasteiger partial charge on any atom is -0.296 e. The summed E-state index contributed by atoms with van der Waals surface area (Å²) in [5.41, 5.74) is 1.72. The Morgan fingerprint density at radius 2 is 1.93 bits per heavy atom. The molecule has 3 heterocycles. The second-order valence-electron chi connectivity index (χ2n) is 5.97. The number of rotatable bonds is 5. The SMILES string of the molecule is C=CC1=C(C=C)S(=O)(=O)C(CN2C(=O)c3cnc(C)c(C=NC)c3C2=O)=C1. The molecule has 2 aliphatic heterocycles. The van der Waals surface area contributed by atoms with Gasteiger partial charge >= 0.3 is 0 Å². The number of fused-ring (bicyclic) bond motifs is 1. The molecule has 0 fully saturated rings. The molecule has 0 saturated carbocycles. The van der Waals surface area contributed by atoms with Crippen molar-refractivity contribution in [1.29, 1.82) is 0 Å². The summed E-state index contributed by atoms with van der Waals surface area (Å²) < 4.78 is 25.3. The Hall–Kier alpha value is -3.13. The summed E-state index contributed by atoms with van der Waals surface area (Å²) in [6.07, 6.45) is 6.82.